The lowest BCUT2D eigenvalue weighted by Crippen LogP contribution is -2.16. The van der Waals surface area contributed by atoms with Crippen LogP contribution in [-0.4, -0.2) is 0 Å². The fraction of sp³-hybridized carbons (Fsp3) is 0.0612. The van der Waals surface area contributed by atoms with E-state index in [1.807, 2.05) is 0 Å². The number of hydrogen-bond donors (Lipinski definition) is 0. The second-order valence-corrected chi connectivity index (χ2v) is 14.1. The Balaban J connectivity index is 1.23. The maximum absolute atomic E-state index is 2.43. The molecule has 0 N–H and O–H groups in total. The Bertz CT molecular complexity index is 2740. The Morgan fingerprint density at radius 2 is 0.837 bits per heavy atom. The van der Waals surface area contributed by atoms with Gasteiger partial charge in [0.2, 0.25) is 0 Å². The molecule has 1 aliphatic carbocycles. The van der Waals surface area contributed by atoms with Crippen LogP contribution in [0.2, 0.25) is 0 Å². The van der Waals surface area contributed by atoms with E-state index in [9.17, 15) is 0 Å². The highest BCUT2D eigenvalue weighted by molar-refractivity contribution is 6.22. The zero-order chi connectivity index (χ0) is 32.7. The lowest BCUT2D eigenvalue weighted by molar-refractivity contribution is 0.663. The fourth-order valence-electron chi connectivity index (χ4n) is 8.73. The van der Waals surface area contributed by atoms with Crippen molar-refractivity contribution in [2.45, 2.75) is 19.3 Å². The number of fused-ring (bicyclic) bond motifs is 7. The van der Waals surface area contributed by atoms with E-state index in [0.29, 0.717) is 0 Å². The standard InChI is InChI=1S/C49H34/c1-49(2)45-30-35-16-6-5-15-34(35)29-44(45)42-23-12-24-43(48(42)49)47-40-21-9-7-19-38(40)46(39-20-8-10-22-41(39)47)37-18-11-17-33(28-37)36-26-25-31-13-3-4-14-32(31)27-36/h3-30H,1-2H3. The Morgan fingerprint density at radius 3 is 1.53 bits per heavy atom. The van der Waals surface area contributed by atoms with Crippen LogP contribution in [0.3, 0.4) is 0 Å². The van der Waals surface area contributed by atoms with E-state index in [1.165, 1.54) is 98.7 Å². The molecular formula is C49H34. The summed E-state index contributed by atoms with van der Waals surface area (Å²) in [6, 6.07) is 63.1. The van der Waals surface area contributed by atoms with Crippen molar-refractivity contribution in [3.63, 3.8) is 0 Å². The van der Waals surface area contributed by atoms with E-state index in [4.69, 9.17) is 0 Å². The van der Waals surface area contributed by atoms with Gasteiger partial charge >= 0.3 is 0 Å². The smallest absolute Gasteiger partial charge is 0.0165 e. The van der Waals surface area contributed by atoms with Crippen molar-refractivity contribution in [2.75, 3.05) is 0 Å². The van der Waals surface area contributed by atoms with Gasteiger partial charge in [-0.3, -0.25) is 0 Å². The average Bonchev–Trinajstić information content (AvgIpc) is 3.38. The minimum atomic E-state index is -0.152. The van der Waals surface area contributed by atoms with Gasteiger partial charge in [-0.05, 0) is 123 Å². The molecule has 0 aliphatic heterocycles. The Morgan fingerprint density at radius 1 is 0.327 bits per heavy atom. The van der Waals surface area contributed by atoms with Crippen molar-refractivity contribution >= 4 is 43.1 Å². The molecule has 0 unspecified atom stereocenters. The van der Waals surface area contributed by atoms with Crippen molar-refractivity contribution < 1.29 is 0 Å². The molecule has 10 rings (SSSR count). The first-order valence-corrected chi connectivity index (χ1v) is 17.3. The minimum Gasteiger partial charge on any atom is -0.0616 e. The van der Waals surface area contributed by atoms with Crippen molar-refractivity contribution in [1.82, 2.24) is 0 Å². The van der Waals surface area contributed by atoms with E-state index >= 15 is 0 Å². The van der Waals surface area contributed by atoms with Gasteiger partial charge in [0.1, 0.15) is 0 Å². The van der Waals surface area contributed by atoms with Crippen LogP contribution in [0.25, 0.3) is 87.6 Å². The summed E-state index contributed by atoms with van der Waals surface area (Å²) < 4.78 is 0. The molecule has 1 aliphatic rings. The Kier molecular flexibility index (Phi) is 6.02. The zero-order valence-corrected chi connectivity index (χ0v) is 27.7. The van der Waals surface area contributed by atoms with E-state index < -0.39 is 0 Å². The summed E-state index contributed by atoms with van der Waals surface area (Å²) >= 11 is 0. The highest BCUT2D eigenvalue weighted by atomic mass is 14.4. The quantitative estimate of drug-likeness (QED) is 0.172. The molecule has 0 heteroatoms. The summed E-state index contributed by atoms with van der Waals surface area (Å²) in [5.41, 5.74) is 13.0. The molecule has 230 valence electrons. The average molecular weight is 623 g/mol. The van der Waals surface area contributed by atoms with Crippen molar-refractivity contribution in [3.05, 3.63) is 181 Å². The first-order valence-electron chi connectivity index (χ1n) is 17.3. The molecule has 9 aromatic rings. The fourth-order valence-corrected chi connectivity index (χ4v) is 8.73. The topological polar surface area (TPSA) is 0 Å². The van der Waals surface area contributed by atoms with Crippen LogP contribution in [0, 0.1) is 0 Å². The van der Waals surface area contributed by atoms with Crippen LogP contribution in [0.5, 0.6) is 0 Å². The molecule has 0 heterocycles. The van der Waals surface area contributed by atoms with Crippen LogP contribution in [-0.2, 0) is 5.41 Å². The van der Waals surface area contributed by atoms with Gasteiger partial charge in [-0.2, -0.15) is 0 Å². The molecular weight excluding hydrogens is 589 g/mol. The molecule has 0 saturated heterocycles. The molecule has 0 saturated carbocycles. The first kappa shape index (κ1) is 28.1. The number of hydrogen-bond acceptors (Lipinski definition) is 0. The van der Waals surface area contributed by atoms with Crippen molar-refractivity contribution in [2.24, 2.45) is 0 Å². The normalized spacial score (nSPS) is 13.3. The van der Waals surface area contributed by atoms with Crippen molar-refractivity contribution in [3.8, 4) is 44.5 Å². The van der Waals surface area contributed by atoms with Crippen LogP contribution in [0.15, 0.2) is 170 Å². The predicted octanol–water partition coefficient (Wildman–Crippen LogP) is 13.6. The molecule has 0 fully saturated rings. The molecule has 0 bridgehead atoms. The third-order valence-corrected chi connectivity index (χ3v) is 11.0. The highest BCUT2D eigenvalue weighted by Crippen LogP contribution is 2.55. The summed E-state index contributed by atoms with van der Waals surface area (Å²) in [6.07, 6.45) is 0. The Hall–Kier alpha value is -5.98. The monoisotopic (exact) mass is 622 g/mol. The largest absolute Gasteiger partial charge is 0.0616 e. The lowest BCUT2D eigenvalue weighted by atomic mass is 9.76. The number of rotatable bonds is 3. The minimum absolute atomic E-state index is 0.152. The molecule has 0 atom stereocenters. The summed E-state index contributed by atoms with van der Waals surface area (Å²) in [4.78, 5) is 0. The highest BCUT2D eigenvalue weighted by Gasteiger charge is 2.38. The summed E-state index contributed by atoms with van der Waals surface area (Å²) in [6.45, 7) is 4.82. The first-order chi connectivity index (χ1) is 24.1. The Labute approximate surface area is 286 Å². The molecule has 0 radical (unpaired) electrons. The van der Waals surface area contributed by atoms with Gasteiger partial charge in [-0.1, -0.05) is 159 Å². The summed E-state index contributed by atoms with van der Waals surface area (Å²) in [5.74, 6) is 0. The third-order valence-electron chi connectivity index (χ3n) is 11.0. The van der Waals surface area contributed by atoms with Crippen LogP contribution >= 0.6 is 0 Å². The molecule has 0 spiro atoms. The molecule has 0 aromatic heterocycles. The zero-order valence-electron chi connectivity index (χ0n) is 27.7. The van der Waals surface area contributed by atoms with Crippen LogP contribution in [0.1, 0.15) is 25.0 Å². The lowest BCUT2D eigenvalue weighted by Gasteiger charge is -2.26. The van der Waals surface area contributed by atoms with Crippen LogP contribution in [0.4, 0.5) is 0 Å². The van der Waals surface area contributed by atoms with Gasteiger partial charge in [-0.15, -0.1) is 0 Å². The van der Waals surface area contributed by atoms with Crippen LogP contribution < -0.4 is 0 Å². The molecule has 49 heavy (non-hydrogen) atoms. The van der Waals surface area contributed by atoms with Gasteiger partial charge in [0.05, 0.1) is 0 Å². The number of benzene rings is 9. The molecule has 0 amide bonds. The van der Waals surface area contributed by atoms with E-state index in [0.717, 1.165) is 0 Å². The van der Waals surface area contributed by atoms with Gasteiger partial charge in [-0.25, -0.2) is 0 Å². The summed E-state index contributed by atoms with van der Waals surface area (Å²) in [7, 11) is 0. The third kappa shape index (κ3) is 4.17. The van der Waals surface area contributed by atoms with Gasteiger partial charge < -0.3 is 0 Å². The maximum Gasteiger partial charge on any atom is 0.0165 e. The summed E-state index contributed by atoms with van der Waals surface area (Å²) in [5, 5.41) is 10.3. The van der Waals surface area contributed by atoms with E-state index in [2.05, 4.69) is 184 Å². The second kappa shape index (κ2) is 10.5. The van der Waals surface area contributed by atoms with E-state index in [1.54, 1.807) is 0 Å². The van der Waals surface area contributed by atoms with E-state index in [-0.39, 0.29) is 5.41 Å². The van der Waals surface area contributed by atoms with Gasteiger partial charge in [0.25, 0.3) is 0 Å². The predicted molar refractivity (Wildman–Crippen MR) is 210 cm³/mol. The molecule has 9 aromatic carbocycles. The maximum atomic E-state index is 2.43. The molecule has 0 nitrogen and oxygen atoms in total. The SMILES string of the molecule is CC1(C)c2cc3ccccc3cc2-c2cccc(-c3c4ccccc4c(-c4cccc(-c5ccc6ccccc6c5)c4)c4ccccc34)c21. The van der Waals surface area contributed by atoms with Gasteiger partial charge in [0.15, 0.2) is 0 Å². The van der Waals surface area contributed by atoms with Crippen molar-refractivity contribution in [1.29, 1.82) is 0 Å². The second-order valence-electron chi connectivity index (χ2n) is 14.1. The van der Waals surface area contributed by atoms with Gasteiger partial charge in [0, 0.05) is 5.41 Å².